The van der Waals surface area contributed by atoms with Crippen molar-refractivity contribution in [3.8, 4) is 0 Å². The summed E-state index contributed by atoms with van der Waals surface area (Å²) < 4.78 is 11.5. The fourth-order valence-corrected chi connectivity index (χ4v) is 3.10. The van der Waals surface area contributed by atoms with Crippen LogP contribution in [0.3, 0.4) is 0 Å². The van der Waals surface area contributed by atoms with Crippen molar-refractivity contribution in [1.82, 2.24) is 0 Å². The van der Waals surface area contributed by atoms with E-state index >= 15 is 0 Å². The molecule has 1 saturated heterocycles. The van der Waals surface area contributed by atoms with E-state index in [1.165, 1.54) is 12.8 Å². The lowest BCUT2D eigenvalue weighted by Crippen LogP contribution is -2.45. The minimum absolute atomic E-state index is 0.0857. The normalized spacial score (nSPS) is 25.4. The molecule has 1 aliphatic carbocycles. The summed E-state index contributed by atoms with van der Waals surface area (Å²) >= 11 is 0. The molecule has 1 heterocycles. The van der Waals surface area contributed by atoms with Crippen molar-refractivity contribution in [2.24, 2.45) is 5.92 Å². The van der Waals surface area contributed by atoms with E-state index in [-0.39, 0.29) is 18.1 Å². The van der Waals surface area contributed by atoms with Crippen molar-refractivity contribution < 1.29 is 14.3 Å². The van der Waals surface area contributed by atoms with Gasteiger partial charge in [0.15, 0.2) is 0 Å². The number of rotatable bonds is 6. The van der Waals surface area contributed by atoms with Crippen LogP contribution in [0.15, 0.2) is 24.3 Å². The third kappa shape index (κ3) is 4.48. The first-order chi connectivity index (χ1) is 11.5. The number of hydrogen-bond donors (Lipinski definition) is 1. The van der Waals surface area contributed by atoms with E-state index < -0.39 is 6.10 Å². The zero-order valence-electron chi connectivity index (χ0n) is 14.8. The van der Waals surface area contributed by atoms with Gasteiger partial charge < -0.3 is 19.7 Å². The first-order valence-electron chi connectivity index (χ1n) is 8.95. The predicted molar refractivity (Wildman–Crippen MR) is 95.4 cm³/mol. The summed E-state index contributed by atoms with van der Waals surface area (Å²) in [4.78, 5) is 14.7. The topological polar surface area (TPSA) is 50.8 Å². The number of morpholine rings is 1. The zero-order valence-corrected chi connectivity index (χ0v) is 14.8. The molecule has 0 spiro atoms. The fourth-order valence-electron chi connectivity index (χ4n) is 3.10. The molecule has 1 aromatic carbocycles. The lowest BCUT2D eigenvalue weighted by atomic mass is 10.1. The Hall–Kier alpha value is -1.59. The summed E-state index contributed by atoms with van der Waals surface area (Å²) in [7, 11) is 0. The maximum atomic E-state index is 12.4. The van der Waals surface area contributed by atoms with Crippen LogP contribution < -0.4 is 10.2 Å². The van der Waals surface area contributed by atoms with Crippen LogP contribution in [-0.2, 0) is 14.3 Å². The molecule has 0 radical (unpaired) electrons. The smallest absolute Gasteiger partial charge is 0.253 e. The average molecular weight is 332 g/mol. The first kappa shape index (κ1) is 17.2. The van der Waals surface area contributed by atoms with Gasteiger partial charge in [-0.05, 0) is 51.7 Å². The predicted octanol–water partition coefficient (Wildman–Crippen LogP) is 3.05. The van der Waals surface area contributed by atoms with Gasteiger partial charge in [0.25, 0.3) is 5.91 Å². The van der Waals surface area contributed by atoms with E-state index in [0.29, 0.717) is 12.5 Å². The number of hydrogen-bond acceptors (Lipinski definition) is 4. The van der Waals surface area contributed by atoms with Crippen LogP contribution in [0, 0.1) is 5.92 Å². The van der Waals surface area contributed by atoms with Crippen LogP contribution >= 0.6 is 0 Å². The number of carbonyl (C=O) groups is 1. The van der Waals surface area contributed by atoms with Crippen molar-refractivity contribution in [3.63, 3.8) is 0 Å². The van der Waals surface area contributed by atoms with Crippen molar-refractivity contribution in [1.29, 1.82) is 0 Å². The maximum Gasteiger partial charge on any atom is 0.253 e. The molecule has 1 aliphatic heterocycles. The number of benzene rings is 1. The van der Waals surface area contributed by atoms with Crippen LogP contribution in [0.1, 0.15) is 33.6 Å². The van der Waals surface area contributed by atoms with Gasteiger partial charge in [0.2, 0.25) is 0 Å². The average Bonchev–Trinajstić information content (AvgIpc) is 3.36. The second kappa shape index (κ2) is 7.53. The molecule has 0 aromatic heterocycles. The molecule has 24 heavy (non-hydrogen) atoms. The van der Waals surface area contributed by atoms with Gasteiger partial charge in [0, 0.05) is 13.1 Å². The van der Waals surface area contributed by atoms with Crippen LogP contribution in [0.25, 0.3) is 0 Å². The van der Waals surface area contributed by atoms with Gasteiger partial charge in [-0.25, -0.2) is 0 Å². The SMILES string of the molecule is C[C@@H]1CN(c2ccccc2NC(=O)[C@H](C)OCC2CC2)C[C@@H](C)O1. The third-order valence-electron chi connectivity index (χ3n) is 4.57. The lowest BCUT2D eigenvalue weighted by Gasteiger charge is -2.37. The highest BCUT2D eigenvalue weighted by atomic mass is 16.5. The Bertz CT molecular complexity index is 563. The minimum Gasteiger partial charge on any atom is -0.372 e. The molecule has 1 N–H and O–H groups in total. The molecule has 0 bridgehead atoms. The van der Waals surface area contributed by atoms with Crippen LogP contribution in [0.5, 0.6) is 0 Å². The first-order valence-corrected chi connectivity index (χ1v) is 8.95. The lowest BCUT2D eigenvalue weighted by molar-refractivity contribution is -0.126. The van der Waals surface area contributed by atoms with Gasteiger partial charge in [-0.15, -0.1) is 0 Å². The summed E-state index contributed by atoms with van der Waals surface area (Å²) in [6, 6.07) is 7.95. The molecule has 132 valence electrons. The summed E-state index contributed by atoms with van der Waals surface area (Å²) in [5, 5.41) is 3.03. The quantitative estimate of drug-likeness (QED) is 0.870. The number of para-hydroxylation sites is 2. The van der Waals surface area contributed by atoms with Crippen LogP contribution in [0.4, 0.5) is 11.4 Å². The van der Waals surface area contributed by atoms with Gasteiger partial charge in [0.05, 0.1) is 30.2 Å². The Morgan fingerprint density at radius 1 is 1.29 bits per heavy atom. The van der Waals surface area contributed by atoms with Crippen LogP contribution in [0.2, 0.25) is 0 Å². The summed E-state index contributed by atoms with van der Waals surface area (Å²) in [5.41, 5.74) is 1.88. The van der Waals surface area contributed by atoms with Crippen molar-refractivity contribution in [3.05, 3.63) is 24.3 Å². The van der Waals surface area contributed by atoms with Gasteiger partial charge >= 0.3 is 0 Å². The molecule has 1 aromatic rings. The van der Waals surface area contributed by atoms with Gasteiger partial charge in [-0.1, -0.05) is 12.1 Å². The van der Waals surface area contributed by atoms with Gasteiger partial charge in [0.1, 0.15) is 6.10 Å². The molecule has 3 atom stereocenters. The molecular formula is C19H28N2O3. The van der Waals surface area contributed by atoms with Gasteiger partial charge in [-0.2, -0.15) is 0 Å². The molecule has 3 rings (SSSR count). The molecule has 1 saturated carbocycles. The van der Waals surface area contributed by atoms with E-state index in [1.54, 1.807) is 0 Å². The van der Waals surface area contributed by atoms with Crippen LogP contribution in [-0.4, -0.2) is 43.9 Å². The molecule has 0 unspecified atom stereocenters. The third-order valence-corrected chi connectivity index (χ3v) is 4.57. The number of carbonyl (C=O) groups excluding carboxylic acids is 1. The van der Waals surface area contributed by atoms with E-state index in [2.05, 4.69) is 30.1 Å². The van der Waals surface area contributed by atoms with E-state index in [0.717, 1.165) is 24.5 Å². The standard InChI is InChI=1S/C19H28N2O3/c1-13-10-21(11-14(2)24-13)18-7-5-4-6-17(18)20-19(22)15(3)23-12-16-8-9-16/h4-7,13-16H,8-12H2,1-3H3,(H,20,22)/t13-,14-,15+/m1/s1. The monoisotopic (exact) mass is 332 g/mol. The molecule has 5 heteroatoms. The maximum absolute atomic E-state index is 12.4. The van der Waals surface area contributed by atoms with E-state index in [4.69, 9.17) is 9.47 Å². The Morgan fingerprint density at radius 2 is 1.96 bits per heavy atom. The second-order valence-corrected chi connectivity index (χ2v) is 7.09. The highest BCUT2D eigenvalue weighted by Gasteiger charge is 2.26. The zero-order chi connectivity index (χ0) is 17.1. The molecule has 5 nitrogen and oxygen atoms in total. The van der Waals surface area contributed by atoms with E-state index in [9.17, 15) is 4.79 Å². The minimum atomic E-state index is -0.429. The molecule has 1 amide bonds. The Kier molecular flexibility index (Phi) is 5.41. The highest BCUT2D eigenvalue weighted by Crippen LogP contribution is 2.30. The number of anilines is 2. The number of amides is 1. The van der Waals surface area contributed by atoms with Crippen molar-refractivity contribution in [2.75, 3.05) is 29.9 Å². The van der Waals surface area contributed by atoms with Gasteiger partial charge in [-0.3, -0.25) is 4.79 Å². The second-order valence-electron chi connectivity index (χ2n) is 7.09. The highest BCUT2D eigenvalue weighted by molar-refractivity contribution is 5.97. The summed E-state index contributed by atoms with van der Waals surface area (Å²) in [6.07, 6.45) is 2.38. The fraction of sp³-hybridized carbons (Fsp3) is 0.632. The van der Waals surface area contributed by atoms with E-state index in [1.807, 2.05) is 25.1 Å². The largest absolute Gasteiger partial charge is 0.372 e. The van der Waals surface area contributed by atoms with Crippen molar-refractivity contribution >= 4 is 17.3 Å². The Balaban J connectivity index is 1.65. The Morgan fingerprint density at radius 3 is 2.62 bits per heavy atom. The molecular weight excluding hydrogens is 304 g/mol. The summed E-state index contributed by atoms with van der Waals surface area (Å²) in [6.45, 7) is 8.32. The number of ether oxygens (including phenoxy) is 2. The molecule has 2 aliphatic rings. The number of nitrogens with zero attached hydrogens (tertiary/aromatic N) is 1. The summed E-state index contributed by atoms with van der Waals surface area (Å²) in [5.74, 6) is 0.571. The molecule has 2 fully saturated rings. The Labute approximate surface area is 144 Å². The van der Waals surface area contributed by atoms with Crippen molar-refractivity contribution in [2.45, 2.75) is 51.9 Å². The number of nitrogens with one attached hydrogen (secondary N) is 1.